The van der Waals surface area contributed by atoms with Gasteiger partial charge < -0.3 is 15.8 Å². The van der Waals surface area contributed by atoms with Crippen LogP contribution >= 0.6 is 23.2 Å². The van der Waals surface area contributed by atoms with Crippen LogP contribution in [0, 0.1) is 0 Å². The number of nitrogens with two attached hydrogens (primary N) is 1. The van der Waals surface area contributed by atoms with Crippen molar-refractivity contribution in [2.75, 3.05) is 17.7 Å². The minimum atomic E-state index is -0.340. The quantitative estimate of drug-likeness (QED) is 0.827. The van der Waals surface area contributed by atoms with Crippen molar-refractivity contribution in [3.05, 3.63) is 52.0 Å². The molecule has 0 spiro atoms. The predicted molar refractivity (Wildman–Crippen MR) is 86.4 cm³/mol. The van der Waals surface area contributed by atoms with Crippen LogP contribution in [0.5, 0.6) is 5.75 Å². The average molecular weight is 325 g/mol. The number of carbonyl (C=O) groups excluding carboxylic acids is 1. The Bertz CT molecular complexity index is 675. The van der Waals surface area contributed by atoms with Crippen LogP contribution in [0.2, 0.25) is 10.0 Å². The number of hydrogen-bond acceptors (Lipinski definition) is 3. The van der Waals surface area contributed by atoms with Crippen molar-refractivity contribution in [1.29, 1.82) is 0 Å². The maximum atomic E-state index is 12.3. The molecular formula is C15H14Cl2N2O2. The zero-order valence-corrected chi connectivity index (χ0v) is 12.8. The van der Waals surface area contributed by atoms with Crippen molar-refractivity contribution < 1.29 is 9.53 Å². The van der Waals surface area contributed by atoms with Crippen molar-refractivity contribution >= 4 is 40.5 Å². The third kappa shape index (κ3) is 3.80. The molecule has 0 aliphatic heterocycles. The van der Waals surface area contributed by atoms with Gasteiger partial charge >= 0.3 is 0 Å². The van der Waals surface area contributed by atoms with E-state index in [0.717, 1.165) is 0 Å². The van der Waals surface area contributed by atoms with E-state index in [4.69, 9.17) is 33.7 Å². The molecule has 2 aromatic carbocycles. The Labute approximate surface area is 132 Å². The first-order valence-electron chi connectivity index (χ1n) is 6.30. The summed E-state index contributed by atoms with van der Waals surface area (Å²) < 4.78 is 5.36. The molecule has 2 rings (SSSR count). The van der Waals surface area contributed by atoms with Crippen LogP contribution in [0.25, 0.3) is 0 Å². The summed E-state index contributed by atoms with van der Waals surface area (Å²) in [5, 5.41) is 3.36. The minimum absolute atomic E-state index is 0.293. The number of halogens is 2. The molecule has 0 atom stereocenters. The van der Waals surface area contributed by atoms with E-state index in [1.165, 1.54) is 0 Å². The van der Waals surface area contributed by atoms with Gasteiger partial charge in [0.05, 0.1) is 22.3 Å². The zero-order chi connectivity index (χ0) is 15.4. The standard InChI is InChI=1S/C15H14Cl2N2O2/c1-2-21-11-7-9(6-10(18)8-11)15(20)19-13-5-3-4-12(16)14(13)17/h3-8H,2,18H2,1H3,(H,19,20). The Morgan fingerprint density at radius 1 is 1.29 bits per heavy atom. The van der Waals surface area contributed by atoms with E-state index >= 15 is 0 Å². The van der Waals surface area contributed by atoms with Crippen molar-refractivity contribution in [3.8, 4) is 5.75 Å². The van der Waals surface area contributed by atoms with Crippen LogP contribution in [0.3, 0.4) is 0 Å². The number of anilines is 2. The fourth-order valence-electron chi connectivity index (χ4n) is 1.80. The van der Waals surface area contributed by atoms with E-state index in [1.54, 1.807) is 36.4 Å². The molecule has 21 heavy (non-hydrogen) atoms. The lowest BCUT2D eigenvalue weighted by Crippen LogP contribution is -2.13. The minimum Gasteiger partial charge on any atom is -0.494 e. The molecule has 0 saturated carbocycles. The van der Waals surface area contributed by atoms with Crippen LogP contribution < -0.4 is 15.8 Å². The van der Waals surface area contributed by atoms with Crippen molar-refractivity contribution in [3.63, 3.8) is 0 Å². The van der Waals surface area contributed by atoms with E-state index in [0.29, 0.717) is 39.3 Å². The van der Waals surface area contributed by atoms with Gasteiger partial charge in [0.2, 0.25) is 0 Å². The molecule has 0 aliphatic carbocycles. The van der Waals surface area contributed by atoms with Gasteiger partial charge in [0.1, 0.15) is 5.75 Å². The van der Waals surface area contributed by atoms with Gasteiger partial charge in [-0.2, -0.15) is 0 Å². The SMILES string of the molecule is CCOc1cc(N)cc(C(=O)Nc2cccc(Cl)c2Cl)c1. The van der Waals surface area contributed by atoms with E-state index in [-0.39, 0.29) is 5.91 Å². The molecule has 0 aromatic heterocycles. The largest absolute Gasteiger partial charge is 0.494 e. The molecule has 0 bridgehead atoms. The number of nitrogen functional groups attached to an aromatic ring is 1. The van der Waals surface area contributed by atoms with E-state index in [2.05, 4.69) is 5.32 Å². The maximum absolute atomic E-state index is 12.3. The molecule has 0 radical (unpaired) electrons. The molecule has 6 heteroatoms. The number of amides is 1. The number of carbonyl (C=O) groups is 1. The van der Waals surface area contributed by atoms with Gasteiger partial charge in [-0.05, 0) is 31.2 Å². The lowest BCUT2D eigenvalue weighted by atomic mass is 10.1. The van der Waals surface area contributed by atoms with Crippen LogP contribution in [-0.4, -0.2) is 12.5 Å². The summed E-state index contributed by atoms with van der Waals surface area (Å²) >= 11 is 12.0. The molecule has 4 nitrogen and oxygen atoms in total. The Balaban J connectivity index is 2.26. The number of ether oxygens (including phenoxy) is 1. The lowest BCUT2D eigenvalue weighted by molar-refractivity contribution is 0.102. The highest BCUT2D eigenvalue weighted by Crippen LogP contribution is 2.30. The first kappa shape index (κ1) is 15.5. The van der Waals surface area contributed by atoms with Gasteiger partial charge in [0.25, 0.3) is 5.91 Å². The first-order chi connectivity index (χ1) is 10.0. The van der Waals surface area contributed by atoms with Crippen LogP contribution in [0.15, 0.2) is 36.4 Å². The molecule has 110 valence electrons. The van der Waals surface area contributed by atoms with Gasteiger partial charge in [-0.15, -0.1) is 0 Å². The fourth-order valence-corrected chi connectivity index (χ4v) is 2.15. The Kier molecular flexibility index (Phi) is 4.94. The lowest BCUT2D eigenvalue weighted by Gasteiger charge is -2.10. The summed E-state index contributed by atoms with van der Waals surface area (Å²) in [6, 6.07) is 9.86. The number of benzene rings is 2. The Morgan fingerprint density at radius 2 is 2.05 bits per heavy atom. The molecule has 1 amide bonds. The first-order valence-corrected chi connectivity index (χ1v) is 7.05. The highest BCUT2D eigenvalue weighted by molar-refractivity contribution is 6.44. The van der Waals surface area contributed by atoms with Gasteiger partial charge in [-0.25, -0.2) is 0 Å². The van der Waals surface area contributed by atoms with Crippen LogP contribution in [0.1, 0.15) is 17.3 Å². The molecule has 0 heterocycles. The summed E-state index contributed by atoms with van der Waals surface area (Å²) in [6.45, 7) is 2.35. The van der Waals surface area contributed by atoms with E-state index in [1.807, 2.05) is 6.92 Å². The van der Waals surface area contributed by atoms with Crippen molar-refractivity contribution in [2.45, 2.75) is 6.92 Å². The molecule has 0 saturated heterocycles. The third-order valence-electron chi connectivity index (χ3n) is 2.70. The molecule has 0 aliphatic rings. The smallest absolute Gasteiger partial charge is 0.255 e. The highest BCUT2D eigenvalue weighted by Gasteiger charge is 2.12. The van der Waals surface area contributed by atoms with Crippen LogP contribution in [-0.2, 0) is 0 Å². The topological polar surface area (TPSA) is 64.3 Å². The highest BCUT2D eigenvalue weighted by atomic mass is 35.5. The van der Waals surface area contributed by atoms with Crippen molar-refractivity contribution in [2.24, 2.45) is 0 Å². The number of rotatable bonds is 4. The predicted octanol–water partition coefficient (Wildman–Crippen LogP) is 4.23. The van der Waals surface area contributed by atoms with E-state index < -0.39 is 0 Å². The third-order valence-corrected chi connectivity index (χ3v) is 3.52. The van der Waals surface area contributed by atoms with Crippen molar-refractivity contribution in [1.82, 2.24) is 0 Å². The maximum Gasteiger partial charge on any atom is 0.255 e. The molecule has 0 fully saturated rings. The summed E-state index contributed by atoms with van der Waals surface area (Å²) in [7, 11) is 0. The van der Waals surface area contributed by atoms with E-state index in [9.17, 15) is 4.79 Å². The van der Waals surface area contributed by atoms with Gasteiger partial charge in [0, 0.05) is 17.3 Å². The molecular weight excluding hydrogens is 311 g/mol. The summed E-state index contributed by atoms with van der Waals surface area (Å²) in [4.78, 5) is 12.3. The van der Waals surface area contributed by atoms with Gasteiger partial charge in [0.15, 0.2) is 0 Å². The molecule has 2 aromatic rings. The second-order valence-electron chi connectivity index (χ2n) is 4.28. The summed E-state index contributed by atoms with van der Waals surface area (Å²) in [5.74, 6) is 0.201. The summed E-state index contributed by atoms with van der Waals surface area (Å²) in [5.41, 5.74) is 7.04. The Hall–Kier alpha value is -1.91. The Morgan fingerprint density at radius 3 is 2.76 bits per heavy atom. The van der Waals surface area contributed by atoms with Gasteiger partial charge in [-0.1, -0.05) is 29.3 Å². The zero-order valence-electron chi connectivity index (χ0n) is 11.3. The number of nitrogens with one attached hydrogen (secondary N) is 1. The fraction of sp³-hybridized carbons (Fsp3) is 0.133. The molecule has 0 unspecified atom stereocenters. The monoisotopic (exact) mass is 324 g/mol. The second-order valence-corrected chi connectivity index (χ2v) is 5.06. The van der Waals surface area contributed by atoms with Crippen LogP contribution in [0.4, 0.5) is 11.4 Å². The van der Waals surface area contributed by atoms with Gasteiger partial charge in [-0.3, -0.25) is 4.79 Å². The summed E-state index contributed by atoms with van der Waals surface area (Å²) in [6.07, 6.45) is 0. The average Bonchev–Trinajstić information content (AvgIpc) is 2.43. The molecule has 3 N–H and O–H groups in total. The number of hydrogen-bond donors (Lipinski definition) is 2. The second kappa shape index (κ2) is 6.70. The normalized spacial score (nSPS) is 10.2.